The SMILES string of the molecule is Cc1c(N)cc(C(=O)NCCCn2ccnc2)cc1F. The largest absolute Gasteiger partial charge is 0.398 e. The van der Waals surface area contributed by atoms with E-state index in [0.717, 1.165) is 13.0 Å². The average molecular weight is 276 g/mol. The first-order valence-corrected chi connectivity index (χ1v) is 6.37. The highest BCUT2D eigenvalue weighted by Gasteiger charge is 2.10. The highest BCUT2D eigenvalue weighted by Crippen LogP contribution is 2.17. The van der Waals surface area contributed by atoms with Gasteiger partial charge in [-0.15, -0.1) is 0 Å². The lowest BCUT2D eigenvalue weighted by atomic mass is 10.1. The molecule has 0 bridgehead atoms. The third-order valence-electron chi connectivity index (χ3n) is 3.08. The van der Waals surface area contributed by atoms with Crippen molar-refractivity contribution >= 4 is 11.6 Å². The predicted octanol–water partition coefficient (Wildman–Crippen LogP) is 1.73. The molecular formula is C14H17FN4O. The highest BCUT2D eigenvalue weighted by molar-refractivity contribution is 5.95. The van der Waals surface area contributed by atoms with Crippen LogP contribution in [-0.2, 0) is 6.54 Å². The molecule has 2 aromatic rings. The molecule has 0 aliphatic heterocycles. The number of nitrogen functional groups attached to an aromatic ring is 1. The number of aryl methyl sites for hydroxylation is 1. The predicted molar refractivity (Wildman–Crippen MR) is 74.7 cm³/mol. The molecule has 1 aromatic carbocycles. The molecule has 0 saturated carbocycles. The summed E-state index contributed by atoms with van der Waals surface area (Å²) in [6.45, 7) is 2.86. The molecule has 0 radical (unpaired) electrons. The topological polar surface area (TPSA) is 72.9 Å². The molecule has 2 rings (SSSR count). The van der Waals surface area contributed by atoms with E-state index in [1.807, 2.05) is 10.8 Å². The fourth-order valence-electron chi connectivity index (χ4n) is 1.82. The Morgan fingerprint density at radius 3 is 2.95 bits per heavy atom. The lowest BCUT2D eigenvalue weighted by molar-refractivity contribution is 0.0952. The van der Waals surface area contributed by atoms with Gasteiger partial charge in [-0.1, -0.05) is 0 Å². The Kier molecular flexibility index (Phi) is 4.34. The van der Waals surface area contributed by atoms with Crippen LogP contribution in [0.2, 0.25) is 0 Å². The molecule has 5 nitrogen and oxygen atoms in total. The van der Waals surface area contributed by atoms with Crippen LogP contribution in [0.5, 0.6) is 0 Å². The van der Waals surface area contributed by atoms with E-state index in [1.165, 1.54) is 12.1 Å². The van der Waals surface area contributed by atoms with Gasteiger partial charge in [0.2, 0.25) is 0 Å². The number of amides is 1. The molecule has 0 saturated heterocycles. The minimum Gasteiger partial charge on any atom is -0.398 e. The summed E-state index contributed by atoms with van der Waals surface area (Å²) in [6, 6.07) is 2.69. The number of hydrogen-bond acceptors (Lipinski definition) is 3. The minimum atomic E-state index is -0.464. The van der Waals surface area contributed by atoms with E-state index in [2.05, 4.69) is 10.3 Å². The number of hydrogen-bond donors (Lipinski definition) is 2. The Morgan fingerprint density at radius 2 is 2.30 bits per heavy atom. The molecule has 0 unspecified atom stereocenters. The van der Waals surface area contributed by atoms with Crippen molar-refractivity contribution in [2.24, 2.45) is 0 Å². The normalized spacial score (nSPS) is 10.5. The fraction of sp³-hybridized carbons (Fsp3) is 0.286. The fourth-order valence-corrected chi connectivity index (χ4v) is 1.82. The lowest BCUT2D eigenvalue weighted by Crippen LogP contribution is -2.25. The van der Waals surface area contributed by atoms with Gasteiger partial charge in [-0.2, -0.15) is 0 Å². The van der Waals surface area contributed by atoms with Crippen molar-refractivity contribution < 1.29 is 9.18 Å². The first kappa shape index (κ1) is 14.0. The van der Waals surface area contributed by atoms with Crippen LogP contribution in [0.15, 0.2) is 30.9 Å². The van der Waals surface area contributed by atoms with Gasteiger partial charge in [-0.25, -0.2) is 9.37 Å². The van der Waals surface area contributed by atoms with E-state index in [-0.39, 0.29) is 17.2 Å². The van der Waals surface area contributed by atoms with E-state index in [9.17, 15) is 9.18 Å². The number of anilines is 1. The van der Waals surface area contributed by atoms with Crippen molar-refractivity contribution in [3.05, 3.63) is 47.8 Å². The van der Waals surface area contributed by atoms with Crippen LogP contribution in [0.1, 0.15) is 22.3 Å². The maximum atomic E-state index is 13.5. The Hall–Kier alpha value is -2.37. The van der Waals surface area contributed by atoms with Gasteiger partial charge < -0.3 is 15.6 Å². The molecule has 1 aromatic heterocycles. The van der Waals surface area contributed by atoms with Crippen LogP contribution in [0, 0.1) is 12.7 Å². The Balaban J connectivity index is 1.86. The minimum absolute atomic E-state index is 0.244. The average Bonchev–Trinajstić information content (AvgIpc) is 2.93. The van der Waals surface area contributed by atoms with Crippen molar-refractivity contribution in [1.82, 2.24) is 14.9 Å². The number of nitrogens with two attached hydrogens (primary N) is 1. The van der Waals surface area contributed by atoms with Crippen molar-refractivity contribution in [3.63, 3.8) is 0 Å². The van der Waals surface area contributed by atoms with Crippen molar-refractivity contribution in [2.75, 3.05) is 12.3 Å². The zero-order valence-electron chi connectivity index (χ0n) is 11.3. The Labute approximate surface area is 116 Å². The van der Waals surface area contributed by atoms with Crippen LogP contribution in [-0.4, -0.2) is 22.0 Å². The molecule has 106 valence electrons. The van der Waals surface area contributed by atoms with Crippen LogP contribution in [0.25, 0.3) is 0 Å². The van der Waals surface area contributed by atoms with Crippen LogP contribution in [0.3, 0.4) is 0 Å². The monoisotopic (exact) mass is 276 g/mol. The van der Waals surface area contributed by atoms with Crippen LogP contribution >= 0.6 is 0 Å². The lowest BCUT2D eigenvalue weighted by Gasteiger charge is -2.08. The summed E-state index contributed by atoms with van der Waals surface area (Å²) in [5.74, 6) is -0.783. The maximum Gasteiger partial charge on any atom is 0.251 e. The van der Waals surface area contributed by atoms with Crippen molar-refractivity contribution in [3.8, 4) is 0 Å². The van der Waals surface area contributed by atoms with Crippen molar-refractivity contribution in [2.45, 2.75) is 19.9 Å². The standard InChI is InChI=1S/C14H17FN4O/c1-10-12(15)7-11(8-13(10)16)14(20)18-3-2-5-19-6-4-17-9-19/h4,6-9H,2-3,5,16H2,1H3,(H,18,20). The van der Waals surface area contributed by atoms with E-state index >= 15 is 0 Å². The van der Waals surface area contributed by atoms with Crippen molar-refractivity contribution in [1.29, 1.82) is 0 Å². The van der Waals surface area contributed by atoms with Crippen LogP contribution in [0.4, 0.5) is 10.1 Å². The number of carbonyl (C=O) groups is 1. The zero-order valence-corrected chi connectivity index (χ0v) is 11.3. The molecule has 0 fully saturated rings. The number of benzene rings is 1. The van der Waals surface area contributed by atoms with Gasteiger partial charge in [0.1, 0.15) is 5.82 Å². The number of imidazole rings is 1. The molecule has 0 aliphatic rings. The number of nitrogens with one attached hydrogen (secondary N) is 1. The third-order valence-corrected chi connectivity index (χ3v) is 3.08. The molecule has 0 atom stereocenters. The van der Waals surface area contributed by atoms with Gasteiger partial charge in [0.25, 0.3) is 5.91 Å². The van der Waals surface area contributed by atoms with E-state index < -0.39 is 5.82 Å². The number of rotatable bonds is 5. The Bertz CT molecular complexity index is 572. The Morgan fingerprint density at radius 1 is 1.50 bits per heavy atom. The molecule has 1 heterocycles. The molecule has 1 amide bonds. The second kappa shape index (κ2) is 6.18. The van der Waals surface area contributed by atoms with Gasteiger partial charge in [0.05, 0.1) is 6.33 Å². The quantitative estimate of drug-likeness (QED) is 0.645. The molecule has 0 spiro atoms. The summed E-state index contributed by atoms with van der Waals surface area (Å²) in [6.07, 6.45) is 6.05. The summed E-state index contributed by atoms with van der Waals surface area (Å²) >= 11 is 0. The second-order valence-electron chi connectivity index (χ2n) is 4.58. The van der Waals surface area contributed by atoms with Gasteiger partial charge in [0.15, 0.2) is 0 Å². The van der Waals surface area contributed by atoms with E-state index in [1.54, 1.807) is 19.4 Å². The first-order valence-electron chi connectivity index (χ1n) is 6.37. The van der Waals surface area contributed by atoms with Gasteiger partial charge in [-0.05, 0) is 25.5 Å². The first-order chi connectivity index (χ1) is 9.58. The van der Waals surface area contributed by atoms with Gasteiger partial charge >= 0.3 is 0 Å². The van der Waals surface area contributed by atoms with Gasteiger partial charge in [-0.3, -0.25) is 4.79 Å². The van der Waals surface area contributed by atoms with Gasteiger partial charge in [0, 0.05) is 42.3 Å². The molecular weight excluding hydrogens is 259 g/mol. The molecule has 3 N–H and O–H groups in total. The summed E-state index contributed by atoms with van der Waals surface area (Å²) in [5, 5.41) is 2.74. The number of carbonyl (C=O) groups excluding carboxylic acids is 1. The van der Waals surface area contributed by atoms with Crippen LogP contribution < -0.4 is 11.1 Å². The maximum absolute atomic E-state index is 13.5. The number of halogens is 1. The van der Waals surface area contributed by atoms with E-state index in [4.69, 9.17) is 5.73 Å². The summed E-state index contributed by atoms with van der Waals surface area (Å²) < 4.78 is 15.4. The smallest absolute Gasteiger partial charge is 0.251 e. The molecule has 6 heteroatoms. The third kappa shape index (κ3) is 3.34. The highest BCUT2D eigenvalue weighted by atomic mass is 19.1. The summed E-state index contributed by atoms with van der Waals surface area (Å²) in [7, 11) is 0. The summed E-state index contributed by atoms with van der Waals surface area (Å²) in [4.78, 5) is 15.8. The summed E-state index contributed by atoms with van der Waals surface area (Å²) in [5.41, 5.74) is 6.54. The van der Waals surface area contributed by atoms with E-state index in [0.29, 0.717) is 12.1 Å². The zero-order chi connectivity index (χ0) is 14.5. The number of nitrogens with zero attached hydrogens (tertiary/aromatic N) is 2. The molecule has 20 heavy (non-hydrogen) atoms. The second-order valence-corrected chi connectivity index (χ2v) is 4.58. The molecule has 0 aliphatic carbocycles. The number of aromatic nitrogens is 2.